The number of nitrogens with zero attached hydrogens (tertiary/aromatic N) is 1. The maximum Gasteiger partial charge on any atom is 0.266 e. The average molecular weight is 237 g/mol. The average Bonchev–Trinajstić information content (AvgIpc) is 2.36. The van der Waals surface area contributed by atoms with Crippen molar-refractivity contribution in [2.75, 3.05) is 0 Å². The van der Waals surface area contributed by atoms with Crippen molar-refractivity contribution >= 4 is 5.91 Å². The Morgan fingerprint density at radius 3 is 2.88 bits per heavy atom. The number of carbonyl (C=O) groups is 1. The fourth-order valence-corrected chi connectivity index (χ4v) is 1.45. The van der Waals surface area contributed by atoms with E-state index in [1.165, 1.54) is 6.20 Å². The third kappa shape index (κ3) is 4.50. The number of nitrogens with one attached hydrogen (secondary N) is 1. The van der Waals surface area contributed by atoms with Crippen molar-refractivity contribution in [1.29, 1.82) is 0 Å². The van der Waals surface area contributed by atoms with E-state index in [-0.39, 0.29) is 12.0 Å². The summed E-state index contributed by atoms with van der Waals surface area (Å²) < 4.78 is 5.61. The van der Waals surface area contributed by atoms with E-state index in [9.17, 15) is 4.79 Å². The SMILES string of the molecule is CCCC(C)OCc1ccc(C(=O)NN)cn1. The Morgan fingerprint density at radius 1 is 1.59 bits per heavy atom. The van der Waals surface area contributed by atoms with Crippen LogP contribution in [-0.2, 0) is 11.3 Å². The van der Waals surface area contributed by atoms with Crippen molar-refractivity contribution in [1.82, 2.24) is 10.4 Å². The molecule has 0 radical (unpaired) electrons. The van der Waals surface area contributed by atoms with Crippen LogP contribution in [0, 0.1) is 0 Å². The van der Waals surface area contributed by atoms with Gasteiger partial charge in [-0.3, -0.25) is 15.2 Å². The van der Waals surface area contributed by atoms with Crippen LogP contribution in [0.3, 0.4) is 0 Å². The molecule has 3 N–H and O–H groups in total. The van der Waals surface area contributed by atoms with Crippen LogP contribution in [-0.4, -0.2) is 17.0 Å². The molecule has 94 valence electrons. The van der Waals surface area contributed by atoms with Crippen LogP contribution < -0.4 is 11.3 Å². The van der Waals surface area contributed by atoms with E-state index in [4.69, 9.17) is 10.6 Å². The van der Waals surface area contributed by atoms with E-state index in [0.29, 0.717) is 12.2 Å². The molecule has 1 aromatic rings. The van der Waals surface area contributed by atoms with Gasteiger partial charge in [-0.2, -0.15) is 0 Å². The van der Waals surface area contributed by atoms with Crippen LogP contribution in [0.2, 0.25) is 0 Å². The molecule has 1 unspecified atom stereocenters. The van der Waals surface area contributed by atoms with Gasteiger partial charge in [0, 0.05) is 6.20 Å². The first-order valence-electron chi connectivity index (χ1n) is 5.74. The fraction of sp³-hybridized carbons (Fsp3) is 0.500. The lowest BCUT2D eigenvalue weighted by molar-refractivity contribution is 0.0452. The largest absolute Gasteiger partial charge is 0.372 e. The van der Waals surface area contributed by atoms with Crippen molar-refractivity contribution < 1.29 is 9.53 Å². The minimum atomic E-state index is -0.343. The zero-order chi connectivity index (χ0) is 12.7. The summed E-state index contributed by atoms with van der Waals surface area (Å²) in [7, 11) is 0. The van der Waals surface area contributed by atoms with Gasteiger partial charge in [-0.05, 0) is 25.5 Å². The summed E-state index contributed by atoms with van der Waals surface area (Å²) in [5, 5.41) is 0. The maximum atomic E-state index is 11.2. The molecule has 0 saturated carbocycles. The Kier molecular flexibility index (Phi) is 5.59. The number of ether oxygens (including phenoxy) is 1. The third-order valence-corrected chi connectivity index (χ3v) is 2.43. The standard InChI is InChI=1S/C12H19N3O2/c1-3-4-9(2)17-8-11-6-5-10(7-14-11)12(16)15-13/h5-7,9H,3-4,8,13H2,1-2H3,(H,15,16). The molecule has 0 spiro atoms. The quantitative estimate of drug-likeness (QED) is 0.445. The van der Waals surface area contributed by atoms with Gasteiger partial charge in [0.25, 0.3) is 5.91 Å². The molecule has 17 heavy (non-hydrogen) atoms. The highest BCUT2D eigenvalue weighted by Crippen LogP contribution is 2.06. The topological polar surface area (TPSA) is 77.2 Å². The van der Waals surface area contributed by atoms with Gasteiger partial charge in [-0.1, -0.05) is 13.3 Å². The van der Waals surface area contributed by atoms with Gasteiger partial charge in [-0.25, -0.2) is 5.84 Å². The summed E-state index contributed by atoms with van der Waals surface area (Å²) in [6.07, 6.45) is 3.86. The molecular weight excluding hydrogens is 218 g/mol. The number of hydrogen-bond donors (Lipinski definition) is 2. The molecule has 5 nitrogen and oxygen atoms in total. The minimum Gasteiger partial charge on any atom is -0.372 e. The van der Waals surface area contributed by atoms with Crippen molar-refractivity contribution in [3.05, 3.63) is 29.6 Å². The highest BCUT2D eigenvalue weighted by molar-refractivity contribution is 5.93. The van der Waals surface area contributed by atoms with Gasteiger partial charge in [0.15, 0.2) is 0 Å². The van der Waals surface area contributed by atoms with Crippen LogP contribution in [0.4, 0.5) is 0 Å². The van der Waals surface area contributed by atoms with Gasteiger partial charge in [0.2, 0.25) is 0 Å². The fourth-order valence-electron chi connectivity index (χ4n) is 1.45. The molecule has 1 heterocycles. The maximum absolute atomic E-state index is 11.2. The second kappa shape index (κ2) is 6.98. The number of pyridine rings is 1. The number of rotatable bonds is 6. The molecule has 1 atom stereocenters. The normalized spacial score (nSPS) is 12.2. The Bertz CT molecular complexity index is 351. The van der Waals surface area contributed by atoms with E-state index in [0.717, 1.165) is 18.5 Å². The van der Waals surface area contributed by atoms with E-state index in [1.54, 1.807) is 12.1 Å². The molecule has 0 bridgehead atoms. The summed E-state index contributed by atoms with van der Waals surface area (Å²) in [4.78, 5) is 15.3. The lowest BCUT2D eigenvalue weighted by Crippen LogP contribution is -2.30. The molecular formula is C12H19N3O2. The summed E-state index contributed by atoms with van der Waals surface area (Å²) in [6, 6.07) is 3.45. The molecule has 0 saturated heterocycles. The molecule has 0 aliphatic heterocycles. The number of carbonyl (C=O) groups excluding carboxylic acids is 1. The summed E-state index contributed by atoms with van der Waals surface area (Å²) >= 11 is 0. The molecule has 0 aromatic carbocycles. The Hall–Kier alpha value is -1.46. The second-order valence-corrected chi connectivity index (χ2v) is 3.92. The number of nitrogens with two attached hydrogens (primary N) is 1. The molecule has 0 aliphatic rings. The van der Waals surface area contributed by atoms with E-state index >= 15 is 0 Å². The summed E-state index contributed by atoms with van der Waals surface area (Å²) in [6.45, 7) is 4.63. The Morgan fingerprint density at radius 2 is 2.35 bits per heavy atom. The van der Waals surface area contributed by atoms with Gasteiger partial charge in [-0.15, -0.1) is 0 Å². The van der Waals surface area contributed by atoms with Crippen LogP contribution in [0.15, 0.2) is 18.3 Å². The van der Waals surface area contributed by atoms with Crippen LogP contribution in [0.25, 0.3) is 0 Å². The van der Waals surface area contributed by atoms with E-state index in [1.807, 2.05) is 6.92 Å². The monoisotopic (exact) mass is 237 g/mol. The zero-order valence-electron chi connectivity index (χ0n) is 10.3. The molecule has 5 heteroatoms. The number of hydrogen-bond acceptors (Lipinski definition) is 4. The van der Waals surface area contributed by atoms with Crippen LogP contribution in [0.5, 0.6) is 0 Å². The highest BCUT2D eigenvalue weighted by atomic mass is 16.5. The van der Waals surface area contributed by atoms with Crippen molar-refractivity contribution in [3.8, 4) is 0 Å². The zero-order valence-corrected chi connectivity index (χ0v) is 10.3. The first-order chi connectivity index (χ1) is 8.17. The minimum absolute atomic E-state index is 0.230. The lowest BCUT2D eigenvalue weighted by atomic mass is 10.2. The second-order valence-electron chi connectivity index (χ2n) is 3.92. The number of amides is 1. The first-order valence-corrected chi connectivity index (χ1v) is 5.74. The molecule has 1 rings (SSSR count). The third-order valence-electron chi connectivity index (χ3n) is 2.43. The highest BCUT2D eigenvalue weighted by Gasteiger charge is 2.05. The van der Waals surface area contributed by atoms with Gasteiger partial charge in [0.1, 0.15) is 0 Å². The number of hydrazine groups is 1. The first kappa shape index (κ1) is 13.6. The summed E-state index contributed by atoms with van der Waals surface area (Å²) in [5.74, 6) is 4.68. The molecule has 1 aromatic heterocycles. The van der Waals surface area contributed by atoms with Gasteiger partial charge < -0.3 is 4.74 Å². The Balaban J connectivity index is 2.48. The predicted molar refractivity (Wildman–Crippen MR) is 65.0 cm³/mol. The van der Waals surface area contributed by atoms with E-state index < -0.39 is 0 Å². The van der Waals surface area contributed by atoms with Crippen LogP contribution in [0.1, 0.15) is 42.7 Å². The Labute approximate surface area is 101 Å². The van der Waals surface area contributed by atoms with Crippen LogP contribution >= 0.6 is 0 Å². The van der Waals surface area contributed by atoms with Crippen molar-refractivity contribution in [2.24, 2.45) is 5.84 Å². The lowest BCUT2D eigenvalue weighted by Gasteiger charge is -2.11. The summed E-state index contributed by atoms with van der Waals surface area (Å²) in [5.41, 5.74) is 3.31. The predicted octanol–water partition coefficient (Wildman–Crippen LogP) is 1.39. The molecule has 0 fully saturated rings. The van der Waals surface area contributed by atoms with Gasteiger partial charge >= 0.3 is 0 Å². The number of aromatic nitrogens is 1. The molecule has 1 amide bonds. The number of nitrogen functional groups attached to an aromatic ring is 1. The van der Waals surface area contributed by atoms with Crippen molar-refractivity contribution in [2.45, 2.75) is 39.4 Å². The van der Waals surface area contributed by atoms with E-state index in [2.05, 4.69) is 17.3 Å². The molecule has 0 aliphatic carbocycles. The van der Waals surface area contributed by atoms with Gasteiger partial charge in [0.05, 0.1) is 24.0 Å². The smallest absolute Gasteiger partial charge is 0.266 e. The van der Waals surface area contributed by atoms with Crippen molar-refractivity contribution in [3.63, 3.8) is 0 Å².